The Morgan fingerprint density at radius 3 is 2.78 bits per heavy atom. The standard InChI is InChI=1S/C11H9ClF2N2O2/c1-18-10(17)3-9-8(4-12)7(11(13)14)2-6(5-15)16-9/h2,11H,3-4H2,1H3. The molecule has 0 saturated heterocycles. The molecule has 0 spiro atoms. The normalized spacial score (nSPS) is 10.2. The number of carbonyl (C=O) groups is 1. The van der Waals surface area contributed by atoms with Crippen molar-refractivity contribution in [2.24, 2.45) is 0 Å². The number of rotatable bonds is 4. The zero-order valence-electron chi connectivity index (χ0n) is 9.41. The minimum absolute atomic E-state index is 0.0474. The fraction of sp³-hybridized carbons (Fsp3) is 0.364. The van der Waals surface area contributed by atoms with E-state index in [9.17, 15) is 13.6 Å². The van der Waals surface area contributed by atoms with Crippen LogP contribution >= 0.6 is 11.6 Å². The number of hydrogen-bond donors (Lipinski definition) is 0. The second-order valence-corrected chi connectivity index (χ2v) is 3.59. The van der Waals surface area contributed by atoms with Crippen LogP contribution < -0.4 is 0 Å². The number of nitrogens with zero attached hydrogens (tertiary/aromatic N) is 2. The average Bonchev–Trinajstić information content (AvgIpc) is 2.37. The molecule has 7 heteroatoms. The second-order valence-electron chi connectivity index (χ2n) is 3.32. The van der Waals surface area contributed by atoms with E-state index in [1.807, 2.05) is 0 Å². The smallest absolute Gasteiger partial charge is 0.311 e. The summed E-state index contributed by atoms with van der Waals surface area (Å²) in [6, 6.07) is 2.64. The molecule has 96 valence electrons. The van der Waals surface area contributed by atoms with Crippen LogP contribution in [-0.4, -0.2) is 18.1 Å². The summed E-state index contributed by atoms with van der Waals surface area (Å²) in [7, 11) is 1.17. The molecule has 0 fully saturated rings. The summed E-state index contributed by atoms with van der Waals surface area (Å²) in [4.78, 5) is 15.0. The molecule has 18 heavy (non-hydrogen) atoms. The van der Waals surface area contributed by atoms with Gasteiger partial charge in [-0.15, -0.1) is 11.6 Å². The van der Waals surface area contributed by atoms with E-state index in [4.69, 9.17) is 16.9 Å². The first-order chi connectivity index (χ1) is 8.53. The van der Waals surface area contributed by atoms with Crippen molar-refractivity contribution >= 4 is 17.6 Å². The molecule has 0 radical (unpaired) electrons. The lowest BCUT2D eigenvalue weighted by atomic mass is 10.0. The van der Waals surface area contributed by atoms with Gasteiger partial charge in [-0.1, -0.05) is 0 Å². The molecule has 1 aromatic heterocycles. The van der Waals surface area contributed by atoms with Gasteiger partial charge in [0.25, 0.3) is 6.43 Å². The van der Waals surface area contributed by atoms with Crippen molar-refractivity contribution in [3.8, 4) is 6.07 Å². The third-order valence-electron chi connectivity index (χ3n) is 2.27. The number of halogens is 3. The Labute approximate surface area is 107 Å². The predicted molar refractivity (Wildman–Crippen MR) is 59.2 cm³/mol. The lowest BCUT2D eigenvalue weighted by Gasteiger charge is -2.11. The van der Waals surface area contributed by atoms with E-state index in [1.165, 1.54) is 7.11 Å². The van der Waals surface area contributed by atoms with E-state index >= 15 is 0 Å². The van der Waals surface area contributed by atoms with Gasteiger partial charge in [-0.3, -0.25) is 4.79 Å². The lowest BCUT2D eigenvalue weighted by molar-refractivity contribution is -0.139. The summed E-state index contributed by atoms with van der Waals surface area (Å²) in [5.74, 6) is -0.853. The van der Waals surface area contributed by atoms with Crippen molar-refractivity contribution in [3.63, 3.8) is 0 Å². The Morgan fingerprint density at radius 2 is 2.33 bits per heavy atom. The van der Waals surface area contributed by atoms with Crippen molar-refractivity contribution < 1.29 is 18.3 Å². The summed E-state index contributed by atoms with van der Waals surface area (Å²) < 4.78 is 30.1. The van der Waals surface area contributed by atoms with Gasteiger partial charge < -0.3 is 4.74 Å². The van der Waals surface area contributed by atoms with E-state index < -0.39 is 12.4 Å². The van der Waals surface area contributed by atoms with Crippen LogP contribution in [0.4, 0.5) is 8.78 Å². The summed E-state index contributed by atoms with van der Waals surface area (Å²) >= 11 is 5.60. The van der Waals surface area contributed by atoms with E-state index in [-0.39, 0.29) is 34.8 Å². The summed E-state index contributed by atoms with van der Waals surface area (Å²) in [5, 5.41) is 8.72. The third-order valence-corrected chi connectivity index (χ3v) is 2.53. The Kier molecular flexibility index (Phi) is 4.98. The largest absolute Gasteiger partial charge is 0.469 e. The quantitative estimate of drug-likeness (QED) is 0.624. The first-order valence-corrected chi connectivity index (χ1v) is 5.40. The maximum absolute atomic E-state index is 12.8. The highest BCUT2D eigenvalue weighted by Crippen LogP contribution is 2.27. The van der Waals surface area contributed by atoms with Crippen molar-refractivity contribution in [3.05, 3.63) is 28.6 Å². The van der Waals surface area contributed by atoms with Crippen LogP contribution in [0.15, 0.2) is 6.07 Å². The molecule has 0 aromatic carbocycles. The molecular formula is C11H9ClF2N2O2. The number of methoxy groups -OCH3 is 1. The molecule has 0 aliphatic rings. The van der Waals surface area contributed by atoms with Gasteiger partial charge in [-0.05, 0) is 11.6 Å². The molecule has 4 nitrogen and oxygen atoms in total. The van der Waals surface area contributed by atoms with Crippen LogP contribution in [0.5, 0.6) is 0 Å². The molecule has 0 amide bonds. The number of hydrogen-bond acceptors (Lipinski definition) is 4. The Morgan fingerprint density at radius 1 is 1.67 bits per heavy atom. The van der Waals surface area contributed by atoms with Crippen molar-refractivity contribution in [1.82, 2.24) is 4.98 Å². The molecule has 1 heterocycles. The van der Waals surface area contributed by atoms with Gasteiger partial charge in [-0.25, -0.2) is 13.8 Å². The van der Waals surface area contributed by atoms with E-state index in [0.717, 1.165) is 6.07 Å². The second kappa shape index (κ2) is 6.26. The monoisotopic (exact) mass is 274 g/mol. The number of aromatic nitrogens is 1. The maximum Gasteiger partial charge on any atom is 0.311 e. The zero-order valence-corrected chi connectivity index (χ0v) is 10.2. The fourth-order valence-electron chi connectivity index (χ4n) is 1.41. The Bertz CT molecular complexity index is 501. The summed E-state index contributed by atoms with van der Waals surface area (Å²) in [6.45, 7) is 0. The highest BCUT2D eigenvalue weighted by Gasteiger charge is 2.20. The lowest BCUT2D eigenvalue weighted by Crippen LogP contribution is -2.11. The number of pyridine rings is 1. The zero-order chi connectivity index (χ0) is 13.7. The van der Waals surface area contributed by atoms with Gasteiger partial charge in [0, 0.05) is 11.4 Å². The molecule has 0 N–H and O–H groups in total. The highest BCUT2D eigenvalue weighted by molar-refractivity contribution is 6.17. The van der Waals surface area contributed by atoms with Crippen molar-refractivity contribution in [2.45, 2.75) is 18.7 Å². The fourth-order valence-corrected chi connectivity index (χ4v) is 1.72. The van der Waals surface area contributed by atoms with Gasteiger partial charge in [0.2, 0.25) is 0 Å². The van der Waals surface area contributed by atoms with Gasteiger partial charge >= 0.3 is 5.97 Å². The van der Waals surface area contributed by atoms with E-state index in [0.29, 0.717) is 0 Å². The number of esters is 1. The number of ether oxygens (including phenoxy) is 1. The Balaban J connectivity index is 3.34. The summed E-state index contributed by atoms with van der Waals surface area (Å²) in [5.41, 5.74) is -0.448. The van der Waals surface area contributed by atoms with Crippen LogP contribution in [0.2, 0.25) is 0 Å². The molecule has 0 bridgehead atoms. The minimum atomic E-state index is -2.79. The molecule has 0 aliphatic heterocycles. The molecule has 0 aliphatic carbocycles. The van der Waals surface area contributed by atoms with Gasteiger partial charge in [0.1, 0.15) is 11.8 Å². The van der Waals surface area contributed by atoms with Crippen molar-refractivity contribution in [2.75, 3.05) is 7.11 Å². The van der Waals surface area contributed by atoms with Gasteiger partial charge in [0.15, 0.2) is 0 Å². The molecule has 0 unspecified atom stereocenters. The van der Waals surface area contributed by atoms with Gasteiger partial charge in [-0.2, -0.15) is 5.26 Å². The molecule has 1 rings (SSSR count). The van der Waals surface area contributed by atoms with Crippen LogP contribution in [0.1, 0.15) is 28.9 Å². The predicted octanol–water partition coefficient (Wildman–Crippen LogP) is 2.35. The number of alkyl halides is 3. The minimum Gasteiger partial charge on any atom is -0.469 e. The topological polar surface area (TPSA) is 63.0 Å². The van der Waals surface area contributed by atoms with Crippen LogP contribution in [0, 0.1) is 11.3 Å². The molecule has 1 aromatic rings. The average molecular weight is 275 g/mol. The van der Waals surface area contributed by atoms with Crippen molar-refractivity contribution in [1.29, 1.82) is 5.26 Å². The first-order valence-electron chi connectivity index (χ1n) is 4.87. The molecule has 0 saturated carbocycles. The van der Waals surface area contributed by atoms with Gasteiger partial charge in [0.05, 0.1) is 19.2 Å². The van der Waals surface area contributed by atoms with E-state index in [2.05, 4.69) is 9.72 Å². The highest BCUT2D eigenvalue weighted by atomic mass is 35.5. The Hall–Kier alpha value is -1.74. The summed E-state index contributed by atoms with van der Waals surface area (Å²) in [6.07, 6.45) is -3.08. The maximum atomic E-state index is 12.8. The first kappa shape index (κ1) is 14.3. The van der Waals surface area contributed by atoms with E-state index in [1.54, 1.807) is 6.07 Å². The van der Waals surface area contributed by atoms with Crippen LogP contribution in [-0.2, 0) is 21.8 Å². The number of nitriles is 1. The molecule has 0 atom stereocenters. The third kappa shape index (κ3) is 3.14. The van der Waals surface area contributed by atoms with Crippen LogP contribution in [0.3, 0.4) is 0 Å². The number of carbonyl (C=O) groups excluding carboxylic acids is 1. The van der Waals surface area contributed by atoms with Crippen LogP contribution in [0.25, 0.3) is 0 Å². The SMILES string of the molecule is COC(=O)Cc1nc(C#N)cc(C(F)F)c1CCl. The molecular weight excluding hydrogens is 266 g/mol.